The molecule has 0 bridgehead atoms. The van der Waals surface area contributed by atoms with Crippen LogP contribution in [0.2, 0.25) is 10.0 Å². The summed E-state index contributed by atoms with van der Waals surface area (Å²) >= 11 is 12.3. The van der Waals surface area contributed by atoms with Crippen molar-refractivity contribution in [1.29, 1.82) is 0 Å². The Morgan fingerprint density at radius 1 is 0.760 bits per heavy atom. The molecule has 122 valence electrons. The van der Waals surface area contributed by atoms with Crippen molar-refractivity contribution in [2.45, 2.75) is 0 Å². The molecule has 0 saturated heterocycles. The number of para-hydroxylation sites is 2. The van der Waals surface area contributed by atoms with Gasteiger partial charge in [-0.05, 0) is 42.5 Å². The normalized spacial score (nSPS) is 10.8. The van der Waals surface area contributed by atoms with E-state index in [1.807, 2.05) is 60.7 Å². The molecular formula is C20H13Cl2N3. The molecule has 0 spiro atoms. The summed E-state index contributed by atoms with van der Waals surface area (Å²) in [7, 11) is 0. The van der Waals surface area contributed by atoms with E-state index >= 15 is 0 Å². The lowest BCUT2D eigenvalue weighted by molar-refractivity contribution is 1.22. The van der Waals surface area contributed by atoms with Crippen LogP contribution < -0.4 is 5.32 Å². The highest BCUT2D eigenvalue weighted by molar-refractivity contribution is 6.36. The van der Waals surface area contributed by atoms with E-state index in [-0.39, 0.29) is 0 Å². The molecule has 0 aliphatic rings. The third-order valence-electron chi connectivity index (χ3n) is 3.81. The summed E-state index contributed by atoms with van der Waals surface area (Å²) in [6, 6.07) is 23.1. The Labute approximate surface area is 155 Å². The van der Waals surface area contributed by atoms with Gasteiger partial charge in [-0.2, -0.15) is 0 Å². The molecule has 0 aliphatic heterocycles. The van der Waals surface area contributed by atoms with Crippen LogP contribution in [-0.2, 0) is 0 Å². The minimum absolute atomic E-state index is 0.522. The maximum Gasteiger partial charge on any atom is 0.163 e. The summed E-state index contributed by atoms with van der Waals surface area (Å²) in [5, 5.41) is 5.41. The molecule has 0 amide bonds. The first-order valence-electron chi connectivity index (χ1n) is 7.75. The van der Waals surface area contributed by atoms with Crippen LogP contribution in [0, 0.1) is 0 Å². The molecular weight excluding hydrogens is 353 g/mol. The van der Waals surface area contributed by atoms with Crippen LogP contribution in [0.15, 0.2) is 72.8 Å². The van der Waals surface area contributed by atoms with Gasteiger partial charge in [-0.1, -0.05) is 53.5 Å². The van der Waals surface area contributed by atoms with E-state index in [1.165, 1.54) is 0 Å². The number of fused-ring (bicyclic) bond motifs is 1. The second kappa shape index (κ2) is 6.71. The highest BCUT2D eigenvalue weighted by Crippen LogP contribution is 2.32. The lowest BCUT2D eigenvalue weighted by Gasteiger charge is -2.12. The largest absolute Gasteiger partial charge is 0.340 e. The Bertz CT molecular complexity index is 1050. The fourth-order valence-corrected chi connectivity index (χ4v) is 3.11. The minimum Gasteiger partial charge on any atom is -0.340 e. The molecule has 0 atom stereocenters. The highest BCUT2D eigenvalue weighted by atomic mass is 35.5. The predicted octanol–water partition coefficient (Wildman–Crippen LogP) is 6.35. The van der Waals surface area contributed by atoms with E-state index < -0.39 is 0 Å². The summed E-state index contributed by atoms with van der Waals surface area (Å²) in [5.74, 6) is 1.29. The Kier molecular flexibility index (Phi) is 4.26. The van der Waals surface area contributed by atoms with Crippen molar-refractivity contribution in [2.24, 2.45) is 0 Å². The molecule has 1 aromatic heterocycles. The van der Waals surface area contributed by atoms with Crippen LogP contribution in [0.3, 0.4) is 0 Å². The lowest BCUT2D eigenvalue weighted by atomic mass is 10.1. The van der Waals surface area contributed by atoms with Gasteiger partial charge in [0.2, 0.25) is 0 Å². The van der Waals surface area contributed by atoms with E-state index in [1.54, 1.807) is 12.1 Å². The van der Waals surface area contributed by atoms with Crippen molar-refractivity contribution in [1.82, 2.24) is 9.97 Å². The third-order valence-corrected chi connectivity index (χ3v) is 4.36. The van der Waals surface area contributed by atoms with Crippen molar-refractivity contribution in [3.05, 3.63) is 82.8 Å². The molecule has 1 heterocycles. The van der Waals surface area contributed by atoms with E-state index in [4.69, 9.17) is 28.2 Å². The molecule has 0 saturated carbocycles. The zero-order chi connectivity index (χ0) is 17.2. The topological polar surface area (TPSA) is 37.8 Å². The number of hydrogen-bond donors (Lipinski definition) is 1. The fraction of sp³-hybridized carbons (Fsp3) is 0. The van der Waals surface area contributed by atoms with E-state index in [0.717, 1.165) is 28.0 Å². The summed E-state index contributed by atoms with van der Waals surface area (Å²) in [5.41, 5.74) is 2.55. The number of hydrogen-bond acceptors (Lipinski definition) is 3. The quantitative estimate of drug-likeness (QED) is 0.459. The van der Waals surface area contributed by atoms with Crippen LogP contribution in [-0.4, -0.2) is 9.97 Å². The number of aromatic nitrogens is 2. The molecule has 1 N–H and O–H groups in total. The summed E-state index contributed by atoms with van der Waals surface area (Å²) in [6.07, 6.45) is 0. The average molecular weight is 366 g/mol. The Morgan fingerprint density at radius 2 is 1.52 bits per heavy atom. The van der Waals surface area contributed by atoms with Crippen LogP contribution >= 0.6 is 23.2 Å². The van der Waals surface area contributed by atoms with E-state index in [2.05, 4.69) is 10.3 Å². The SMILES string of the molecule is Clc1ccc(-c2nc(Nc3ccccc3)c3ccccc3n2)c(Cl)c1. The van der Waals surface area contributed by atoms with Crippen molar-refractivity contribution in [3.63, 3.8) is 0 Å². The van der Waals surface area contributed by atoms with Crippen molar-refractivity contribution in [3.8, 4) is 11.4 Å². The predicted molar refractivity (Wildman–Crippen MR) is 105 cm³/mol. The maximum atomic E-state index is 6.34. The average Bonchev–Trinajstić information content (AvgIpc) is 2.62. The first-order chi connectivity index (χ1) is 12.2. The van der Waals surface area contributed by atoms with Crippen LogP contribution in [0.5, 0.6) is 0 Å². The monoisotopic (exact) mass is 365 g/mol. The van der Waals surface area contributed by atoms with Gasteiger partial charge in [0.25, 0.3) is 0 Å². The fourth-order valence-electron chi connectivity index (χ4n) is 2.62. The summed E-state index contributed by atoms with van der Waals surface area (Å²) in [6.45, 7) is 0. The Hall–Kier alpha value is -2.62. The van der Waals surface area contributed by atoms with E-state index in [9.17, 15) is 0 Å². The van der Waals surface area contributed by atoms with Gasteiger partial charge >= 0.3 is 0 Å². The molecule has 4 rings (SSSR count). The molecule has 5 heteroatoms. The second-order valence-corrected chi connectivity index (χ2v) is 6.37. The van der Waals surface area contributed by atoms with Gasteiger partial charge in [-0.25, -0.2) is 9.97 Å². The number of nitrogens with zero attached hydrogens (tertiary/aromatic N) is 2. The maximum absolute atomic E-state index is 6.34. The van der Waals surface area contributed by atoms with Gasteiger partial charge in [0, 0.05) is 21.7 Å². The molecule has 0 unspecified atom stereocenters. The van der Waals surface area contributed by atoms with Gasteiger partial charge in [0.1, 0.15) is 5.82 Å². The molecule has 0 radical (unpaired) electrons. The molecule has 0 fully saturated rings. The first-order valence-corrected chi connectivity index (χ1v) is 8.50. The molecule has 3 aromatic carbocycles. The van der Waals surface area contributed by atoms with Crippen molar-refractivity contribution in [2.75, 3.05) is 5.32 Å². The second-order valence-electron chi connectivity index (χ2n) is 5.53. The van der Waals surface area contributed by atoms with Crippen LogP contribution in [0.1, 0.15) is 0 Å². The molecule has 0 aliphatic carbocycles. The number of rotatable bonds is 3. The van der Waals surface area contributed by atoms with E-state index in [0.29, 0.717) is 15.9 Å². The number of nitrogens with one attached hydrogen (secondary N) is 1. The zero-order valence-electron chi connectivity index (χ0n) is 13.1. The van der Waals surface area contributed by atoms with Crippen LogP contribution in [0.25, 0.3) is 22.3 Å². The summed E-state index contributed by atoms with van der Waals surface area (Å²) < 4.78 is 0. The summed E-state index contributed by atoms with van der Waals surface area (Å²) in [4.78, 5) is 9.37. The van der Waals surface area contributed by atoms with Crippen molar-refractivity contribution < 1.29 is 0 Å². The third kappa shape index (κ3) is 3.29. The first kappa shape index (κ1) is 15.9. The van der Waals surface area contributed by atoms with Gasteiger partial charge in [0.15, 0.2) is 5.82 Å². The minimum atomic E-state index is 0.522. The Balaban J connectivity index is 1.89. The zero-order valence-corrected chi connectivity index (χ0v) is 14.6. The molecule has 3 nitrogen and oxygen atoms in total. The van der Waals surface area contributed by atoms with Crippen molar-refractivity contribution >= 4 is 45.6 Å². The Morgan fingerprint density at radius 3 is 2.32 bits per heavy atom. The van der Waals surface area contributed by atoms with Gasteiger partial charge < -0.3 is 5.32 Å². The smallest absolute Gasteiger partial charge is 0.163 e. The number of benzene rings is 3. The van der Waals surface area contributed by atoms with Gasteiger partial charge in [0.05, 0.1) is 10.5 Å². The molecule has 25 heavy (non-hydrogen) atoms. The highest BCUT2D eigenvalue weighted by Gasteiger charge is 2.12. The standard InChI is InChI=1S/C20H13Cl2N3/c21-13-10-11-15(17(22)12-13)19-24-18-9-5-4-8-16(18)20(25-19)23-14-6-2-1-3-7-14/h1-12H,(H,23,24,25). The van der Waals surface area contributed by atoms with Gasteiger partial charge in [-0.3, -0.25) is 0 Å². The van der Waals surface area contributed by atoms with Crippen LogP contribution in [0.4, 0.5) is 11.5 Å². The lowest BCUT2D eigenvalue weighted by Crippen LogP contribution is -1.99. The number of anilines is 2. The van der Waals surface area contributed by atoms with Gasteiger partial charge in [-0.15, -0.1) is 0 Å². The molecule has 4 aromatic rings. The number of halogens is 2.